The molecule has 1 atom stereocenters. The zero-order chi connectivity index (χ0) is 17.1. The van der Waals surface area contributed by atoms with Gasteiger partial charge >= 0.3 is 0 Å². The molecular formula is C19H16N2O2S2. The third kappa shape index (κ3) is 3.55. The van der Waals surface area contributed by atoms with Crippen molar-refractivity contribution in [1.29, 1.82) is 0 Å². The Balaban J connectivity index is 1.47. The minimum Gasteiger partial charge on any atom is -0.489 e. The summed E-state index contributed by atoms with van der Waals surface area (Å²) in [6, 6.07) is 18.1. The van der Waals surface area contributed by atoms with Gasteiger partial charge in [-0.25, -0.2) is 4.98 Å². The smallest absolute Gasteiger partial charge is 0.240 e. The Morgan fingerprint density at radius 3 is 2.64 bits per heavy atom. The molecule has 2 heterocycles. The molecule has 4 rings (SSSR count). The minimum atomic E-state index is -0.0261. The van der Waals surface area contributed by atoms with Crippen molar-refractivity contribution in [2.24, 2.45) is 0 Å². The Morgan fingerprint density at radius 1 is 1.12 bits per heavy atom. The summed E-state index contributed by atoms with van der Waals surface area (Å²) in [7, 11) is 0. The number of benzene rings is 2. The summed E-state index contributed by atoms with van der Waals surface area (Å²) in [5.74, 6) is 1.41. The molecule has 0 aliphatic carbocycles. The van der Waals surface area contributed by atoms with Crippen LogP contribution in [0.3, 0.4) is 0 Å². The van der Waals surface area contributed by atoms with Gasteiger partial charge in [-0.2, -0.15) is 0 Å². The number of amides is 1. The molecule has 0 N–H and O–H groups in total. The molecule has 0 unspecified atom stereocenters. The lowest BCUT2D eigenvalue weighted by Gasteiger charge is -2.21. The van der Waals surface area contributed by atoms with E-state index in [1.807, 2.05) is 60.0 Å². The number of hydrogen-bond donors (Lipinski definition) is 0. The van der Waals surface area contributed by atoms with Gasteiger partial charge in [0, 0.05) is 11.6 Å². The van der Waals surface area contributed by atoms with E-state index in [4.69, 9.17) is 4.74 Å². The lowest BCUT2D eigenvalue weighted by atomic mass is 10.2. The highest BCUT2D eigenvalue weighted by molar-refractivity contribution is 8.00. The molecule has 1 aromatic heterocycles. The van der Waals surface area contributed by atoms with Crippen LogP contribution in [0.25, 0.3) is 0 Å². The van der Waals surface area contributed by atoms with Crippen LogP contribution in [-0.2, 0) is 11.4 Å². The highest BCUT2D eigenvalue weighted by Gasteiger charge is 2.35. The van der Waals surface area contributed by atoms with Crippen LogP contribution in [-0.4, -0.2) is 16.6 Å². The van der Waals surface area contributed by atoms with Crippen LogP contribution in [0.15, 0.2) is 66.2 Å². The first-order valence-electron chi connectivity index (χ1n) is 7.91. The number of carbonyl (C=O) groups is 1. The summed E-state index contributed by atoms with van der Waals surface area (Å²) in [6.07, 6.45) is 1.73. The van der Waals surface area contributed by atoms with Crippen molar-refractivity contribution in [1.82, 2.24) is 4.98 Å². The lowest BCUT2D eigenvalue weighted by molar-refractivity contribution is -0.115. The standard InChI is InChI=1S/C19H16N2O2S2/c22-17-13-25-18(21(17)19-20-10-11-24-19)15-6-8-16(9-7-15)23-12-14-4-2-1-3-5-14/h1-11,18H,12-13H2/t18-/m0/s1. The lowest BCUT2D eigenvalue weighted by Crippen LogP contribution is -2.27. The van der Waals surface area contributed by atoms with Gasteiger partial charge in [-0.05, 0) is 23.3 Å². The Labute approximate surface area is 154 Å². The fraction of sp³-hybridized carbons (Fsp3) is 0.158. The van der Waals surface area contributed by atoms with Gasteiger partial charge in [0.15, 0.2) is 5.13 Å². The molecule has 1 aliphatic rings. The number of hydrogen-bond acceptors (Lipinski definition) is 5. The maximum Gasteiger partial charge on any atom is 0.240 e. The Kier molecular flexibility index (Phi) is 4.72. The summed E-state index contributed by atoms with van der Waals surface area (Å²) >= 11 is 3.12. The fourth-order valence-electron chi connectivity index (χ4n) is 2.68. The van der Waals surface area contributed by atoms with Gasteiger partial charge in [-0.1, -0.05) is 42.5 Å². The monoisotopic (exact) mass is 368 g/mol. The van der Waals surface area contributed by atoms with Crippen molar-refractivity contribution in [3.05, 3.63) is 77.3 Å². The van der Waals surface area contributed by atoms with Crippen LogP contribution in [0.5, 0.6) is 5.75 Å². The predicted molar refractivity (Wildman–Crippen MR) is 102 cm³/mol. The molecule has 4 nitrogen and oxygen atoms in total. The van der Waals surface area contributed by atoms with Gasteiger partial charge in [0.1, 0.15) is 17.7 Å². The van der Waals surface area contributed by atoms with E-state index < -0.39 is 0 Å². The van der Waals surface area contributed by atoms with Crippen LogP contribution in [0.2, 0.25) is 0 Å². The van der Waals surface area contributed by atoms with Gasteiger partial charge in [-0.3, -0.25) is 9.69 Å². The average Bonchev–Trinajstić information content (AvgIpc) is 3.31. The molecule has 2 aromatic carbocycles. The second kappa shape index (κ2) is 7.29. The second-order valence-corrected chi connectivity index (χ2v) is 7.53. The summed E-state index contributed by atoms with van der Waals surface area (Å²) in [4.78, 5) is 18.3. The summed E-state index contributed by atoms with van der Waals surface area (Å²) in [5.41, 5.74) is 2.22. The van der Waals surface area contributed by atoms with Crippen LogP contribution in [0.1, 0.15) is 16.5 Å². The maximum absolute atomic E-state index is 12.2. The zero-order valence-electron chi connectivity index (χ0n) is 13.4. The number of ether oxygens (including phenoxy) is 1. The predicted octanol–water partition coefficient (Wildman–Crippen LogP) is 4.50. The molecule has 1 saturated heterocycles. The van der Waals surface area contributed by atoms with Crippen molar-refractivity contribution in [2.75, 3.05) is 10.7 Å². The highest BCUT2D eigenvalue weighted by Crippen LogP contribution is 2.42. The first-order valence-corrected chi connectivity index (χ1v) is 9.84. The maximum atomic E-state index is 12.2. The molecule has 6 heteroatoms. The molecule has 3 aromatic rings. The molecule has 0 bridgehead atoms. The second-order valence-electron chi connectivity index (χ2n) is 5.59. The van der Waals surface area contributed by atoms with Crippen molar-refractivity contribution >= 4 is 34.1 Å². The molecule has 25 heavy (non-hydrogen) atoms. The Morgan fingerprint density at radius 2 is 1.92 bits per heavy atom. The van der Waals surface area contributed by atoms with E-state index in [0.717, 1.165) is 22.0 Å². The highest BCUT2D eigenvalue weighted by atomic mass is 32.2. The third-order valence-electron chi connectivity index (χ3n) is 3.91. The van der Waals surface area contributed by atoms with Gasteiger partial charge in [0.2, 0.25) is 5.91 Å². The van der Waals surface area contributed by atoms with Crippen LogP contribution in [0.4, 0.5) is 5.13 Å². The van der Waals surface area contributed by atoms with E-state index in [0.29, 0.717) is 12.4 Å². The van der Waals surface area contributed by atoms with E-state index >= 15 is 0 Å². The van der Waals surface area contributed by atoms with E-state index in [9.17, 15) is 4.79 Å². The van der Waals surface area contributed by atoms with Gasteiger partial charge < -0.3 is 4.74 Å². The third-order valence-corrected chi connectivity index (χ3v) is 5.89. The molecule has 1 fully saturated rings. The summed E-state index contributed by atoms with van der Waals surface area (Å²) in [6.45, 7) is 0.544. The van der Waals surface area contributed by atoms with Crippen molar-refractivity contribution in [3.63, 3.8) is 0 Å². The first kappa shape index (κ1) is 16.2. The molecule has 1 amide bonds. The first-order chi connectivity index (χ1) is 12.3. The largest absolute Gasteiger partial charge is 0.489 e. The van der Waals surface area contributed by atoms with E-state index in [-0.39, 0.29) is 11.3 Å². The topological polar surface area (TPSA) is 42.4 Å². The van der Waals surface area contributed by atoms with E-state index in [1.165, 1.54) is 11.3 Å². The average molecular weight is 368 g/mol. The number of anilines is 1. The zero-order valence-corrected chi connectivity index (χ0v) is 15.0. The van der Waals surface area contributed by atoms with Crippen LogP contribution >= 0.6 is 23.1 Å². The van der Waals surface area contributed by atoms with Gasteiger partial charge in [0.05, 0.1) is 5.75 Å². The minimum absolute atomic E-state index is 0.0261. The summed E-state index contributed by atoms with van der Waals surface area (Å²) < 4.78 is 5.83. The molecule has 1 aliphatic heterocycles. The Hall–Kier alpha value is -2.31. The number of aromatic nitrogens is 1. The van der Waals surface area contributed by atoms with Gasteiger partial charge in [0.25, 0.3) is 0 Å². The number of thioether (sulfide) groups is 1. The number of carbonyl (C=O) groups excluding carboxylic acids is 1. The van der Waals surface area contributed by atoms with Gasteiger partial charge in [-0.15, -0.1) is 23.1 Å². The molecule has 0 spiro atoms. The normalized spacial score (nSPS) is 17.0. The number of nitrogens with zero attached hydrogens (tertiary/aromatic N) is 2. The molecule has 0 saturated carbocycles. The molecule has 126 valence electrons. The quantitative estimate of drug-likeness (QED) is 0.665. The SMILES string of the molecule is O=C1CS[C@@H](c2ccc(OCc3ccccc3)cc2)N1c1nccs1. The van der Waals surface area contributed by atoms with E-state index in [1.54, 1.807) is 22.9 Å². The molecule has 0 radical (unpaired) electrons. The fourth-order valence-corrected chi connectivity index (χ4v) is 4.59. The van der Waals surface area contributed by atoms with Crippen LogP contribution in [0, 0.1) is 0 Å². The van der Waals surface area contributed by atoms with Crippen molar-refractivity contribution in [3.8, 4) is 5.75 Å². The van der Waals surface area contributed by atoms with Crippen LogP contribution < -0.4 is 9.64 Å². The Bertz CT molecular complexity index is 836. The van der Waals surface area contributed by atoms with Crippen molar-refractivity contribution < 1.29 is 9.53 Å². The van der Waals surface area contributed by atoms with E-state index in [2.05, 4.69) is 4.98 Å². The number of thiazole rings is 1. The summed E-state index contributed by atoms with van der Waals surface area (Å²) in [5, 5.41) is 2.62. The molecular weight excluding hydrogens is 352 g/mol. The number of rotatable bonds is 5. The van der Waals surface area contributed by atoms with Crippen molar-refractivity contribution in [2.45, 2.75) is 12.0 Å².